The second-order valence-corrected chi connectivity index (χ2v) is 15.5. The molecule has 53 heavy (non-hydrogen) atoms. The Morgan fingerprint density at radius 1 is 0.472 bits per heavy atom. The third-order valence-corrected chi connectivity index (χ3v) is 12.2. The maximum atomic E-state index is 5.10. The number of benzene rings is 7. The molecule has 0 N–H and O–H groups in total. The number of nitrogens with zero attached hydrogens (tertiary/aromatic N) is 4. The quantitative estimate of drug-likeness (QED) is 0.184. The lowest BCUT2D eigenvalue weighted by Gasteiger charge is -2.22. The van der Waals surface area contributed by atoms with Crippen LogP contribution in [0.1, 0.15) is 25.0 Å². The van der Waals surface area contributed by atoms with Crippen molar-refractivity contribution < 1.29 is 0 Å². The molecule has 7 aromatic carbocycles. The van der Waals surface area contributed by atoms with Gasteiger partial charge in [-0.25, -0.2) is 15.0 Å². The van der Waals surface area contributed by atoms with Crippen molar-refractivity contribution in [3.63, 3.8) is 0 Å². The number of rotatable bonds is 4. The Hall–Kier alpha value is -6.43. The standard InChI is InChI=1S/C48H32N4S/c1-48(2)38-17-9-6-14-33(38)36-26-27-40-43(44(36)48)37-16-7-10-18-39(37)52(40)32-23-20-30(21-24-32)46-49-45(29-12-4-3-5-13-29)50-47(51-46)31-22-25-35-34-15-8-11-19-41(34)53-42(35)28-31/h3-28H,1-2H3. The van der Waals surface area contributed by atoms with E-state index in [1.807, 2.05) is 18.2 Å². The molecule has 0 atom stereocenters. The molecule has 1 aliphatic carbocycles. The van der Waals surface area contributed by atoms with Crippen LogP contribution < -0.4 is 0 Å². The van der Waals surface area contributed by atoms with E-state index in [0.717, 1.165) is 22.4 Å². The average molecular weight is 697 g/mol. The number of para-hydroxylation sites is 1. The van der Waals surface area contributed by atoms with Crippen molar-refractivity contribution in [3.8, 4) is 51.0 Å². The molecule has 0 spiro atoms. The van der Waals surface area contributed by atoms with Crippen molar-refractivity contribution in [3.05, 3.63) is 169 Å². The topological polar surface area (TPSA) is 43.6 Å². The fourth-order valence-electron chi connectivity index (χ4n) is 8.58. The summed E-state index contributed by atoms with van der Waals surface area (Å²) >= 11 is 1.80. The highest BCUT2D eigenvalue weighted by molar-refractivity contribution is 7.25. The summed E-state index contributed by atoms with van der Waals surface area (Å²) in [6, 6.07) is 56.3. The highest BCUT2D eigenvalue weighted by Gasteiger charge is 2.38. The van der Waals surface area contributed by atoms with Gasteiger partial charge in [0.25, 0.3) is 0 Å². The molecular formula is C48H32N4S. The molecule has 11 rings (SSSR count). The molecule has 0 saturated carbocycles. The predicted octanol–water partition coefficient (Wildman–Crippen LogP) is 12.6. The van der Waals surface area contributed by atoms with Crippen LogP contribution in [0, 0.1) is 0 Å². The van der Waals surface area contributed by atoms with E-state index >= 15 is 0 Å². The van der Waals surface area contributed by atoms with E-state index in [-0.39, 0.29) is 5.41 Å². The van der Waals surface area contributed by atoms with Crippen LogP contribution in [0.15, 0.2) is 158 Å². The zero-order valence-corrected chi connectivity index (χ0v) is 30.0. The third kappa shape index (κ3) is 4.51. The molecule has 3 aromatic heterocycles. The van der Waals surface area contributed by atoms with Crippen molar-refractivity contribution >= 4 is 53.3 Å². The van der Waals surface area contributed by atoms with Crippen LogP contribution in [-0.2, 0) is 5.41 Å². The molecule has 1 aliphatic rings. The number of fused-ring (bicyclic) bond motifs is 10. The van der Waals surface area contributed by atoms with Gasteiger partial charge in [-0.1, -0.05) is 123 Å². The minimum atomic E-state index is -0.112. The van der Waals surface area contributed by atoms with Crippen LogP contribution in [0.3, 0.4) is 0 Å². The van der Waals surface area contributed by atoms with Gasteiger partial charge in [0, 0.05) is 58.7 Å². The Kier molecular flexibility index (Phi) is 6.43. The van der Waals surface area contributed by atoms with Gasteiger partial charge in [0.1, 0.15) is 0 Å². The first-order valence-electron chi connectivity index (χ1n) is 18.0. The van der Waals surface area contributed by atoms with Crippen LogP contribution in [0.4, 0.5) is 0 Å². The van der Waals surface area contributed by atoms with E-state index in [1.165, 1.54) is 64.2 Å². The van der Waals surface area contributed by atoms with Gasteiger partial charge in [0.05, 0.1) is 11.0 Å². The lowest BCUT2D eigenvalue weighted by molar-refractivity contribution is 0.666. The smallest absolute Gasteiger partial charge is 0.164 e. The second kappa shape index (κ2) is 11.3. The summed E-state index contributed by atoms with van der Waals surface area (Å²) in [7, 11) is 0. The Balaban J connectivity index is 1.06. The fourth-order valence-corrected chi connectivity index (χ4v) is 9.73. The summed E-state index contributed by atoms with van der Waals surface area (Å²) < 4.78 is 4.91. The summed E-state index contributed by atoms with van der Waals surface area (Å²) in [5.41, 5.74) is 11.7. The van der Waals surface area contributed by atoms with Crippen molar-refractivity contribution in [2.24, 2.45) is 0 Å². The summed E-state index contributed by atoms with van der Waals surface area (Å²) in [4.78, 5) is 15.2. The Bertz CT molecular complexity index is 3080. The van der Waals surface area contributed by atoms with E-state index in [4.69, 9.17) is 15.0 Å². The summed E-state index contributed by atoms with van der Waals surface area (Å²) in [5.74, 6) is 1.97. The number of hydrogen-bond acceptors (Lipinski definition) is 4. The zero-order valence-electron chi connectivity index (χ0n) is 29.2. The molecule has 0 bridgehead atoms. The van der Waals surface area contributed by atoms with Gasteiger partial charge in [0.15, 0.2) is 17.5 Å². The number of hydrogen-bond donors (Lipinski definition) is 0. The zero-order chi connectivity index (χ0) is 35.3. The lowest BCUT2D eigenvalue weighted by atomic mass is 9.80. The maximum Gasteiger partial charge on any atom is 0.164 e. The van der Waals surface area contributed by atoms with Crippen molar-refractivity contribution in [2.75, 3.05) is 0 Å². The van der Waals surface area contributed by atoms with E-state index in [1.54, 1.807) is 11.3 Å². The SMILES string of the molecule is CC1(C)c2ccccc2-c2ccc3c(c21)c1ccccc1n3-c1ccc(-c2nc(-c3ccccc3)nc(-c3ccc4c(c3)sc3ccccc34)n2)cc1. The van der Waals surface area contributed by atoms with E-state index in [0.29, 0.717) is 17.5 Å². The van der Waals surface area contributed by atoms with Crippen molar-refractivity contribution in [1.82, 2.24) is 19.5 Å². The molecule has 5 heteroatoms. The Labute approximate surface area is 310 Å². The van der Waals surface area contributed by atoms with Gasteiger partial charge in [-0.3, -0.25) is 0 Å². The third-order valence-electron chi connectivity index (χ3n) is 11.0. The summed E-state index contributed by atoms with van der Waals surface area (Å²) in [6.45, 7) is 4.73. The van der Waals surface area contributed by atoms with Gasteiger partial charge in [-0.15, -0.1) is 11.3 Å². The molecular weight excluding hydrogens is 665 g/mol. The molecule has 0 amide bonds. The molecule has 3 heterocycles. The largest absolute Gasteiger partial charge is 0.309 e. The monoisotopic (exact) mass is 696 g/mol. The van der Waals surface area contributed by atoms with Gasteiger partial charge in [-0.05, 0) is 70.8 Å². The molecule has 0 unspecified atom stereocenters. The van der Waals surface area contributed by atoms with E-state index in [2.05, 4.69) is 158 Å². The van der Waals surface area contributed by atoms with Crippen molar-refractivity contribution in [1.29, 1.82) is 0 Å². The molecule has 0 fully saturated rings. The molecule has 10 aromatic rings. The average Bonchev–Trinajstić information content (AvgIpc) is 3.83. The fraction of sp³-hybridized carbons (Fsp3) is 0.0625. The Morgan fingerprint density at radius 3 is 1.91 bits per heavy atom. The lowest BCUT2D eigenvalue weighted by Crippen LogP contribution is -2.15. The Morgan fingerprint density at radius 2 is 1.09 bits per heavy atom. The van der Waals surface area contributed by atoms with E-state index in [9.17, 15) is 0 Å². The van der Waals surface area contributed by atoms with Crippen LogP contribution in [0.2, 0.25) is 0 Å². The van der Waals surface area contributed by atoms with Gasteiger partial charge < -0.3 is 4.57 Å². The minimum absolute atomic E-state index is 0.112. The molecule has 0 aliphatic heterocycles. The highest BCUT2D eigenvalue weighted by atomic mass is 32.1. The second-order valence-electron chi connectivity index (χ2n) is 14.4. The van der Waals surface area contributed by atoms with Gasteiger partial charge in [0.2, 0.25) is 0 Å². The predicted molar refractivity (Wildman–Crippen MR) is 221 cm³/mol. The minimum Gasteiger partial charge on any atom is -0.309 e. The molecule has 250 valence electrons. The normalized spacial score (nSPS) is 13.2. The van der Waals surface area contributed by atoms with Crippen LogP contribution in [-0.4, -0.2) is 19.5 Å². The first-order chi connectivity index (χ1) is 26.0. The first-order valence-corrected chi connectivity index (χ1v) is 18.9. The van der Waals surface area contributed by atoms with Crippen LogP contribution >= 0.6 is 11.3 Å². The summed E-state index contributed by atoms with van der Waals surface area (Å²) in [6.07, 6.45) is 0. The molecule has 0 saturated heterocycles. The van der Waals surface area contributed by atoms with Crippen LogP contribution in [0.5, 0.6) is 0 Å². The maximum absolute atomic E-state index is 5.10. The van der Waals surface area contributed by atoms with Gasteiger partial charge in [-0.2, -0.15) is 0 Å². The van der Waals surface area contributed by atoms with Crippen molar-refractivity contribution in [2.45, 2.75) is 19.3 Å². The molecule has 4 nitrogen and oxygen atoms in total. The number of aromatic nitrogens is 4. The van der Waals surface area contributed by atoms with Gasteiger partial charge >= 0.3 is 0 Å². The molecule has 0 radical (unpaired) electrons. The van der Waals surface area contributed by atoms with Crippen LogP contribution in [0.25, 0.3) is 93.0 Å². The first kappa shape index (κ1) is 30.2. The van der Waals surface area contributed by atoms with E-state index < -0.39 is 0 Å². The summed E-state index contributed by atoms with van der Waals surface area (Å²) in [5, 5.41) is 5.13. The highest BCUT2D eigenvalue weighted by Crippen LogP contribution is 2.53. The number of thiophene rings is 1.